The molecule has 1 heterocycles. The van der Waals surface area contributed by atoms with E-state index in [9.17, 15) is 34.8 Å². The van der Waals surface area contributed by atoms with E-state index in [1.54, 1.807) is 20.2 Å². The Hall–Kier alpha value is -3.25. The molecule has 1 saturated heterocycles. The number of aromatic hydroxyl groups is 1. The van der Waals surface area contributed by atoms with Crippen molar-refractivity contribution in [3.05, 3.63) is 45.7 Å². The summed E-state index contributed by atoms with van der Waals surface area (Å²) < 4.78 is 0. The Bertz CT molecular complexity index is 1310. The molecule has 4 aliphatic rings. The molecule has 0 spiro atoms. The molecule has 0 radical (unpaired) electrons. The van der Waals surface area contributed by atoms with Crippen LogP contribution in [0.25, 0.3) is 5.76 Å². The molecule has 1 aromatic carbocycles. The van der Waals surface area contributed by atoms with Gasteiger partial charge in [0.05, 0.1) is 11.6 Å². The van der Waals surface area contributed by atoms with Crippen LogP contribution in [0.1, 0.15) is 36.0 Å². The lowest BCUT2D eigenvalue weighted by Gasteiger charge is -2.50. The van der Waals surface area contributed by atoms with Gasteiger partial charge >= 0.3 is 0 Å². The van der Waals surface area contributed by atoms with Crippen LogP contribution >= 0.6 is 0 Å². The molecule has 2 fully saturated rings. The van der Waals surface area contributed by atoms with Crippen LogP contribution in [-0.4, -0.2) is 99.6 Å². The summed E-state index contributed by atoms with van der Waals surface area (Å²) in [5, 5.41) is 48.3. The number of fused-ring (bicyclic) bond motifs is 3. The van der Waals surface area contributed by atoms with Crippen molar-refractivity contribution in [1.82, 2.24) is 15.1 Å². The number of Topliss-reactive ketones (excluding diaryl/α,β-unsaturated/α-hetero) is 2. The molecule has 1 saturated carbocycles. The molecular formula is C28H36N4O7. The number of nitrogens with one attached hydrogen (secondary N) is 1. The predicted octanol–water partition coefficient (Wildman–Crippen LogP) is 0.148. The number of rotatable bonds is 5. The van der Waals surface area contributed by atoms with Crippen LogP contribution in [-0.2, 0) is 27.3 Å². The average Bonchev–Trinajstić information content (AvgIpc) is 2.86. The number of carbonyl (C=O) groups is 3. The van der Waals surface area contributed by atoms with E-state index in [0.29, 0.717) is 18.2 Å². The van der Waals surface area contributed by atoms with Crippen molar-refractivity contribution in [3.63, 3.8) is 0 Å². The molecule has 7 N–H and O–H groups in total. The molecule has 5 rings (SSSR count). The number of hydrogen-bond acceptors (Lipinski definition) is 10. The van der Waals surface area contributed by atoms with Gasteiger partial charge in [-0.3, -0.25) is 19.3 Å². The number of ketones is 2. The van der Waals surface area contributed by atoms with E-state index in [1.807, 2.05) is 0 Å². The average molecular weight is 541 g/mol. The number of phenolic OH excluding ortho intramolecular Hbond substituents is 1. The molecule has 1 aromatic rings. The molecular weight excluding hydrogens is 504 g/mol. The molecule has 210 valence electrons. The lowest BCUT2D eigenvalue weighted by Crippen LogP contribution is -2.65. The fourth-order valence-corrected chi connectivity index (χ4v) is 6.94. The number of likely N-dealkylation sites (N-methyl/N-ethyl adjacent to an activating group) is 1. The summed E-state index contributed by atoms with van der Waals surface area (Å²) in [6.45, 7) is 2.51. The Labute approximate surface area is 226 Å². The van der Waals surface area contributed by atoms with Gasteiger partial charge in [-0.25, -0.2) is 0 Å². The number of aliphatic hydroxyl groups excluding tert-OH is 2. The zero-order chi connectivity index (χ0) is 28.4. The number of amides is 1. The first-order chi connectivity index (χ1) is 18.4. The van der Waals surface area contributed by atoms with Crippen LogP contribution in [0.4, 0.5) is 0 Å². The Kier molecular flexibility index (Phi) is 6.82. The standard InChI is InChI=1S/C28H36N4O7/c1-31(2)22-17-11-14-10-16-13(12-30-15-6-8-32(3)9-7-15)4-5-18(33)20(16)23(34)19(14)25(36)28(17,39)26(37)21(24(22)35)27(29)38/h4-5,14-15,17,22,30,33-34,37,39H,6-12H2,1-3H3,(H2,29,38)/t14-,17-,22-,28+/m1/s1. The summed E-state index contributed by atoms with van der Waals surface area (Å²) >= 11 is 0. The minimum atomic E-state index is -2.63. The lowest BCUT2D eigenvalue weighted by molar-refractivity contribution is -0.153. The van der Waals surface area contributed by atoms with E-state index < -0.39 is 58.0 Å². The summed E-state index contributed by atoms with van der Waals surface area (Å²) in [5.74, 6) is -6.45. The van der Waals surface area contributed by atoms with Crippen LogP contribution in [0.5, 0.6) is 5.75 Å². The highest BCUT2D eigenvalue weighted by Gasteiger charge is 2.64. The fraction of sp³-hybridized carbons (Fsp3) is 0.536. The number of benzene rings is 1. The first-order valence-electron chi connectivity index (χ1n) is 13.3. The van der Waals surface area contributed by atoms with Gasteiger partial charge in [-0.15, -0.1) is 0 Å². The molecule has 39 heavy (non-hydrogen) atoms. The van der Waals surface area contributed by atoms with Crippen molar-refractivity contribution in [2.24, 2.45) is 17.6 Å². The Balaban J connectivity index is 1.57. The summed E-state index contributed by atoms with van der Waals surface area (Å²) in [6.07, 6.45) is 2.37. The van der Waals surface area contributed by atoms with Crippen LogP contribution in [0, 0.1) is 11.8 Å². The first-order valence-corrected chi connectivity index (χ1v) is 13.3. The van der Waals surface area contributed by atoms with Crippen molar-refractivity contribution in [3.8, 4) is 5.75 Å². The normalized spacial score (nSPS) is 29.9. The quantitative estimate of drug-likeness (QED) is 0.282. The van der Waals surface area contributed by atoms with Gasteiger partial charge in [0.2, 0.25) is 5.78 Å². The minimum absolute atomic E-state index is 0.0727. The third-order valence-corrected chi connectivity index (χ3v) is 9.00. The Morgan fingerprint density at radius 1 is 1.18 bits per heavy atom. The number of primary amides is 1. The van der Waals surface area contributed by atoms with Gasteiger partial charge in [0.15, 0.2) is 11.4 Å². The lowest BCUT2D eigenvalue weighted by atomic mass is 9.57. The van der Waals surface area contributed by atoms with E-state index in [0.717, 1.165) is 31.5 Å². The molecule has 0 bridgehead atoms. The van der Waals surface area contributed by atoms with Crippen molar-refractivity contribution >= 4 is 23.2 Å². The SMILES string of the molecule is CN1CCC(NCc2ccc(O)c3c2C[C@@H]2C[C@@H]4[C@@H](N(C)C)C(=O)C(C(N)=O)=C(O)[C@@]4(O)C(=O)C2=C3O)CC1. The van der Waals surface area contributed by atoms with Crippen molar-refractivity contribution in [2.75, 3.05) is 34.2 Å². The Morgan fingerprint density at radius 3 is 2.46 bits per heavy atom. The number of phenols is 1. The van der Waals surface area contributed by atoms with Gasteiger partial charge in [0.25, 0.3) is 5.91 Å². The first kappa shape index (κ1) is 27.3. The third kappa shape index (κ3) is 4.15. The van der Waals surface area contributed by atoms with Gasteiger partial charge in [0, 0.05) is 24.1 Å². The largest absolute Gasteiger partial charge is 0.508 e. The monoisotopic (exact) mass is 540 g/mol. The molecule has 0 unspecified atom stereocenters. The van der Waals surface area contributed by atoms with Crippen molar-refractivity contribution < 1.29 is 34.8 Å². The zero-order valence-corrected chi connectivity index (χ0v) is 22.4. The van der Waals surface area contributed by atoms with Crippen LogP contribution in [0.15, 0.2) is 29.0 Å². The van der Waals surface area contributed by atoms with Gasteiger partial charge in [-0.05, 0) is 83.0 Å². The zero-order valence-electron chi connectivity index (χ0n) is 22.4. The van der Waals surface area contributed by atoms with Crippen LogP contribution in [0.2, 0.25) is 0 Å². The maximum absolute atomic E-state index is 13.9. The van der Waals surface area contributed by atoms with Crippen LogP contribution in [0.3, 0.4) is 0 Å². The van der Waals surface area contributed by atoms with Gasteiger partial charge in [-0.1, -0.05) is 6.07 Å². The van der Waals surface area contributed by atoms with Crippen molar-refractivity contribution in [2.45, 2.75) is 49.9 Å². The highest BCUT2D eigenvalue weighted by atomic mass is 16.3. The third-order valence-electron chi connectivity index (χ3n) is 9.00. The predicted molar refractivity (Wildman–Crippen MR) is 142 cm³/mol. The minimum Gasteiger partial charge on any atom is -0.508 e. The van der Waals surface area contributed by atoms with E-state index in [-0.39, 0.29) is 29.7 Å². The summed E-state index contributed by atoms with van der Waals surface area (Å²) in [7, 11) is 5.26. The summed E-state index contributed by atoms with van der Waals surface area (Å²) in [6, 6.07) is 2.51. The van der Waals surface area contributed by atoms with E-state index in [1.165, 1.54) is 11.0 Å². The number of hydrogen-bond donors (Lipinski definition) is 6. The molecule has 11 heteroatoms. The molecule has 3 aliphatic carbocycles. The molecule has 4 atom stereocenters. The number of nitrogens with zero attached hydrogens (tertiary/aromatic N) is 2. The number of aliphatic hydroxyl groups is 3. The summed E-state index contributed by atoms with van der Waals surface area (Å²) in [5.41, 5.74) is 3.47. The van der Waals surface area contributed by atoms with E-state index in [4.69, 9.17) is 5.73 Å². The second kappa shape index (κ2) is 9.74. The van der Waals surface area contributed by atoms with Crippen molar-refractivity contribution in [1.29, 1.82) is 0 Å². The van der Waals surface area contributed by atoms with Gasteiger partial charge < -0.3 is 36.4 Å². The fourth-order valence-electron chi connectivity index (χ4n) is 6.94. The highest BCUT2D eigenvalue weighted by Crippen LogP contribution is 2.52. The van der Waals surface area contributed by atoms with Crippen LogP contribution < -0.4 is 11.1 Å². The second-order valence-electron chi connectivity index (χ2n) is 11.5. The number of nitrogens with two attached hydrogens (primary N) is 1. The number of likely N-dealkylation sites (tertiary alicyclic amines) is 1. The maximum Gasteiger partial charge on any atom is 0.255 e. The molecule has 0 aromatic heterocycles. The molecule has 1 amide bonds. The van der Waals surface area contributed by atoms with E-state index >= 15 is 0 Å². The molecule has 11 nitrogen and oxygen atoms in total. The number of piperidine rings is 1. The smallest absolute Gasteiger partial charge is 0.255 e. The maximum atomic E-state index is 13.9. The van der Waals surface area contributed by atoms with E-state index in [2.05, 4.69) is 17.3 Å². The molecule has 1 aliphatic heterocycles. The summed E-state index contributed by atoms with van der Waals surface area (Å²) in [4.78, 5) is 43.0. The topological polar surface area (TPSA) is 177 Å². The Morgan fingerprint density at radius 2 is 1.85 bits per heavy atom. The van der Waals surface area contributed by atoms with Gasteiger partial charge in [0.1, 0.15) is 22.8 Å². The second-order valence-corrected chi connectivity index (χ2v) is 11.5. The highest BCUT2D eigenvalue weighted by molar-refractivity contribution is 6.24. The van der Waals surface area contributed by atoms with Gasteiger partial charge in [-0.2, -0.15) is 0 Å². The number of carbonyl (C=O) groups excluding carboxylic acids is 3.